The molecule has 5 nitrogen and oxygen atoms in total. The predicted octanol–water partition coefficient (Wildman–Crippen LogP) is 1.38. The van der Waals surface area contributed by atoms with Crippen molar-refractivity contribution in [3.8, 4) is 11.5 Å². The van der Waals surface area contributed by atoms with Crippen LogP contribution in [-0.2, 0) is 6.42 Å². The minimum Gasteiger partial charge on any atom is -0.339 e. The van der Waals surface area contributed by atoms with Gasteiger partial charge in [0, 0.05) is 19.3 Å². The number of rotatable bonds is 3. The van der Waals surface area contributed by atoms with Gasteiger partial charge in [-0.25, -0.2) is 0 Å². The first-order valence-electron chi connectivity index (χ1n) is 5.87. The van der Waals surface area contributed by atoms with Crippen LogP contribution >= 0.6 is 0 Å². The Labute approximate surface area is 99.3 Å². The van der Waals surface area contributed by atoms with Gasteiger partial charge in [0.2, 0.25) is 11.7 Å². The number of hydrogen-bond acceptors (Lipinski definition) is 5. The van der Waals surface area contributed by atoms with E-state index in [2.05, 4.69) is 27.4 Å². The van der Waals surface area contributed by atoms with Crippen molar-refractivity contribution in [3.63, 3.8) is 0 Å². The first kappa shape index (κ1) is 10.4. The van der Waals surface area contributed by atoms with Crippen LogP contribution in [0.4, 0.5) is 0 Å². The molecule has 1 aliphatic rings. The Bertz CT molecular complexity index is 519. The lowest BCUT2D eigenvalue weighted by Crippen LogP contribution is -2.40. The van der Waals surface area contributed by atoms with Gasteiger partial charge in [-0.05, 0) is 18.1 Å². The highest BCUT2D eigenvalue weighted by molar-refractivity contribution is 5.53. The van der Waals surface area contributed by atoms with E-state index in [-0.39, 0.29) is 0 Å². The fourth-order valence-corrected chi connectivity index (χ4v) is 1.89. The zero-order valence-corrected chi connectivity index (χ0v) is 9.68. The number of nitrogens with one attached hydrogen (secondary N) is 1. The fourth-order valence-electron chi connectivity index (χ4n) is 1.89. The van der Waals surface area contributed by atoms with Gasteiger partial charge in [-0.3, -0.25) is 4.98 Å². The first-order valence-corrected chi connectivity index (χ1v) is 5.87. The van der Waals surface area contributed by atoms with E-state index in [1.807, 2.05) is 12.1 Å². The van der Waals surface area contributed by atoms with E-state index in [1.54, 1.807) is 6.20 Å². The molecule has 3 rings (SSSR count). The van der Waals surface area contributed by atoms with Crippen molar-refractivity contribution in [2.24, 2.45) is 0 Å². The zero-order valence-electron chi connectivity index (χ0n) is 9.68. The molecule has 2 aromatic rings. The molecule has 0 saturated carbocycles. The summed E-state index contributed by atoms with van der Waals surface area (Å²) in [6.07, 6.45) is 2.67. The van der Waals surface area contributed by atoms with Crippen LogP contribution in [0.1, 0.15) is 24.3 Å². The van der Waals surface area contributed by atoms with Crippen LogP contribution < -0.4 is 5.32 Å². The molecule has 0 radical (unpaired) electrons. The van der Waals surface area contributed by atoms with E-state index in [0.717, 1.165) is 30.8 Å². The first-order chi connectivity index (χ1) is 8.38. The van der Waals surface area contributed by atoms with Gasteiger partial charge in [0.1, 0.15) is 5.69 Å². The quantitative estimate of drug-likeness (QED) is 0.863. The third-order valence-corrected chi connectivity index (χ3v) is 3.06. The molecule has 0 bridgehead atoms. The molecular formula is C12H14N4O. The molecule has 0 spiro atoms. The Morgan fingerprint density at radius 3 is 3.06 bits per heavy atom. The van der Waals surface area contributed by atoms with Gasteiger partial charge in [-0.2, -0.15) is 4.98 Å². The Morgan fingerprint density at radius 1 is 1.47 bits per heavy atom. The number of pyridine rings is 1. The molecule has 0 atom stereocenters. The lowest BCUT2D eigenvalue weighted by molar-refractivity contribution is 0.308. The highest BCUT2D eigenvalue weighted by Crippen LogP contribution is 2.23. The summed E-state index contributed by atoms with van der Waals surface area (Å²) in [6.45, 7) is 3.94. The zero-order chi connectivity index (χ0) is 11.7. The van der Waals surface area contributed by atoms with Crippen LogP contribution in [0, 0.1) is 0 Å². The standard InChI is InChI=1S/C12H14N4O/c1-2-8-4-3-5-14-10(8)11-15-12(17-16-11)9-6-13-7-9/h3-5,9,13H,2,6-7H2,1H3. The molecule has 2 aromatic heterocycles. The van der Waals surface area contributed by atoms with E-state index in [1.165, 1.54) is 0 Å². The lowest BCUT2D eigenvalue weighted by Gasteiger charge is -2.22. The Morgan fingerprint density at radius 2 is 2.35 bits per heavy atom. The highest BCUT2D eigenvalue weighted by atomic mass is 16.5. The monoisotopic (exact) mass is 230 g/mol. The average Bonchev–Trinajstić information content (AvgIpc) is 2.76. The summed E-state index contributed by atoms with van der Waals surface area (Å²) < 4.78 is 5.28. The molecule has 1 fully saturated rings. The third-order valence-electron chi connectivity index (χ3n) is 3.06. The number of aryl methyl sites for hydroxylation is 1. The molecule has 0 aliphatic carbocycles. The van der Waals surface area contributed by atoms with Gasteiger partial charge in [0.05, 0.1) is 5.92 Å². The van der Waals surface area contributed by atoms with E-state index >= 15 is 0 Å². The second kappa shape index (κ2) is 4.25. The van der Waals surface area contributed by atoms with E-state index in [0.29, 0.717) is 17.6 Å². The predicted molar refractivity (Wildman–Crippen MR) is 62.5 cm³/mol. The van der Waals surface area contributed by atoms with Crippen molar-refractivity contribution in [2.75, 3.05) is 13.1 Å². The summed E-state index contributed by atoms with van der Waals surface area (Å²) in [5.74, 6) is 1.68. The van der Waals surface area contributed by atoms with Crippen LogP contribution in [0.2, 0.25) is 0 Å². The molecule has 1 saturated heterocycles. The van der Waals surface area contributed by atoms with Gasteiger partial charge < -0.3 is 9.84 Å². The van der Waals surface area contributed by atoms with E-state index in [9.17, 15) is 0 Å². The van der Waals surface area contributed by atoms with Gasteiger partial charge in [-0.1, -0.05) is 18.1 Å². The summed E-state index contributed by atoms with van der Waals surface area (Å²) in [4.78, 5) is 8.77. The molecule has 0 unspecified atom stereocenters. The van der Waals surface area contributed by atoms with Crippen LogP contribution in [0.15, 0.2) is 22.9 Å². The maximum Gasteiger partial charge on any atom is 0.232 e. The minimum absolute atomic E-state index is 0.366. The van der Waals surface area contributed by atoms with Crippen molar-refractivity contribution in [1.82, 2.24) is 20.4 Å². The van der Waals surface area contributed by atoms with Gasteiger partial charge >= 0.3 is 0 Å². The third kappa shape index (κ3) is 1.82. The fraction of sp³-hybridized carbons (Fsp3) is 0.417. The molecule has 1 aliphatic heterocycles. The molecule has 0 amide bonds. The SMILES string of the molecule is CCc1cccnc1-c1noc(C2CNC2)n1. The average molecular weight is 230 g/mol. The summed E-state index contributed by atoms with van der Waals surface area (Å²) in [7, 11) is 0. The Hall–Kier alpha value is -1.75. The molecule has 0 aromatic carbocycles. The number of nitrogens with zero attached hydrogens (tertiary/aromatic N) is 3. The molecule has 3 heterocycles. The van der Waals surface area contributed by atoms with Gasteiger partial charge in [0.15, 0.2) is 0 Å². The summed E-state index contributed by atoms with van der Waals surface area (Å²) in [5.41, 5.74) is 1.98. The van der Waals surface area contributed by atoms with Crippen molar-refractivity contribution in [1.29, 1.82) is 0 Å². The summed E-state index contributed by atoms with van der Waals surface area (Å²) >= 11 is 0. The van der Waals surface area contributed by atoms with Crippen LogP contribution in [0.3, 0.4) is 0 Å². The molecule has 17 heavy (non-hydrogen) atoms. The summed E-state index contributed by atoms with van der Waals surface area (Å²) in [6, 6.07) is 3.97. The normalized spacial score (nSPS) is 15.8. The van der Waals surface area contributed by atoms with Crippen LogP contribution in [-0.4, -0.2) is 28.2 Å². The second-order valence-corrected chi connectivity index (χ2v) is 4.18. The maximum atomic E-state index is 5.28. The smallest absolute Gasteiger partial charge is 0.232 e. The van der Waals surface area contributed by atoms with Crippen molar-refractivity contribution in [2.45, 2.75) is 19.3 Å². The van der Waals surface area contributed by atoms with Crippen LogP contribution in [0.25, 0.3) is 11.5 Å². The Balaban J connectivity index is 1.94. The van der Waals surface area contributed by atoms with Crippen LogP contribution in [0.5, 0.6) is 0 Å². The molecule has 5 heteroatoms. The summed E-state index contributed by atoms with van der Waals surface area (Å²) in [5, 5.41) is 7.21. The lowest BCUT2D eigenvalue weighted by atomic mass is 10.0. The Kier molecular flexibility index (Phi) is 2.60. The number of hydrogen-bond donors (Lipinski definition) is 1. The second-order valence-electron chi connectivity index (χ2n) is 4.18. The highest BCUT2D eigenvalue weighted by Gasteiger charge is 2.25. The molecule has 1 N–H and O–H groups in total. The molecule has 88 valence electrons. The maximum absolute atomic E-state index is 5.28. The number of aromatic nitrogens is 3. The van der Waals surface area contributed by atoms with Crippen molar-refractivity contribution < 1.29 is 4.52 Å². The molecular weight excluding hydrogens is 216 g/mol. The topological polar surface area (TPSA) is 63.8 Å². The van der Waals surface area contributed by atoms with Crippen molar-refractivity contribution in [3.05, 3.63) is 29.8 Å². The van der Waals surface area contributed by atoms with Gasteiger partial charge in [0.25, 0.3) is 0 Å². The minimum atomic E-state index is 0.366. The van der Waals surface area contributed by atoms with Crippen molar-refractivity contribution >= 4 is 0 Å². The van der Waals surface area contributed by atoms with E-state index in [4.69, 9.17) is 4.52 Å². The largest absolute Gasteiger partial charge is 0.339 e. The van der Waals surface area contributed by atoms with Gasteiger partial charge in [-0.15, -0.1) is 0 Å². The van der Waals surface area contributed by atoms with E-state index < -0.39 is 0 Å².